The molecule has 0 saturated carbocycles. The zero-order chi connectivity index (χ0) is 14.2. The van der Waals surface area contributed by atoms with Gasteiger partial charge in [0, 0.05) is 17.4 Å². The Kier molecular flexibility index (Phi) is 3.08. The first kappa shape index (κ1) is 13.2. The summed E-state index contributed by atoms with van der Waals surface area (Å²) in [4.78, 5) is 0.230. The van der Waals surface area contributed by atoms with Crippen LogP contribution in [0.25, 0.3) is 11.3 Å². The van der Waals surface area contributed by atoms with Crippen molar-refractivity contribution in [1.29, 1.82) is 5.26 Å². The second-order valence-electron chi connectivity index (χ2n) is 4.20. The smallest absolute Gasteiger partial charge is 0.209 e. The number of hydrogen-bond acceptors (Lipinski definition) is 5. The van der Waals surface area contributed by atoms with Gasteiger partial charge in [-0.2, -0.15) is 5.26 Å². The van der Waals surface area contributed by atoms with E-state index in [-0.39, 0.29) is 10.8 Å². The van der Waals surface area contributed by atoms with Crippen LogP contribution in [0.15, 0.2) is 33.6 Å². The van der Waals surface area contributed by atoms with Gasteiger partial charge in [0.1, 0.15) is 17.4 Å². The summed E-state index contributed by atoms with van der Waals surface area (Å²) in [5.41, 5.74) is 7.24. The molecule has 5 nitrogen and oxygen atoms in total. The van der Waals surface area contributed by atoms with Crippen molar-refractivity contribution in [3.05, 3.63) is 35.4 Å². The van der Waals surface area contributed by atoms with E-state index in [4.69, 9.17) is 15.4 Å². The first-order valence-electron chi connectivity index (χ1n) is 5.44. The lowest BCUT2D eigenvalue weighted by molar-refractivity contribution is 0.598. The SMILES string of the molecule is Cc1c(-c2ccc(S(C)(=O)=O)cc2)oc(N)c1C#N. The van der Waals surface area contributed by atoms with Gasteiger partial charge in [0.25, 0.3) is 0 Å². The lowest BCUT2D eigenvalue weighted by Crippen LogP contribution is -1.96. The largest absolute Gasteiger partial charge is 0.439 e. The molecular formula is C13H12N2O3S. The quantitative estimate of drug-likeness (QED) is 0.906. The molecule has 19 heavy (non-hydrogen) atoms. The maximum absolute atomic E-state index is 11.4. The molecule has 0 amide bonds. The monoisotopic (exact) mass is 276 g/mol. The summed E-state index contributed by atoms with van der Waals surface area (Å²) in [5.74, 6) is 0.552. The topological polar surface area (TPSA) is 97.1 Å². The number of rotatable bonds is 2. The molecule has 0 aliphatic rings. The molecular weight excluding hydrogens is 264 g/mol. The third-order valence-electron chi connectivity index (χ3n) is 2.83. The van der Waals surface area contributed by atoms with E-state index in [0.717, 1.165) is 6.26 Å². The van der Waals surface area contributed by atoms with Crippen molar-refractivity contribution in [2.24, 2.45) is 0 Å². The van der Waals surface area contributed by atoms with Gasteiger partial charge in [-0.05, 0) is 31.2 Å². The fraction of sp³-hybridized carbons (Fsp3) is 0.154. The second-order valence-corrected chi connectivity index (χ2v) is 6.22. The highest BCUT2D eigenvalue weighted by Crippen LogP contribution is 2.32. The predicted octanol–water partition coefficient (Wildman–Crippen LogP) is 2.11. The summed E-state index contributed by atoms with van der Waals surface area (Å²) >= 11 is 0. The van der Waals surface area contributed by atoms with Crippen LogP contribution in [0.2, 0.25) is 0 Å². The molecule has 0 aliphatic carbocycles. The summed E-state index contributed by atoms with van der Waals surface area (Å²) in [5, 5.41) is 8.94. The third-order valence-corrected chi connectivity index (χ3v) is 3.96. The highest BCUT2D eigenvalue weighted by Gasteiger charge is 2.16. The minimum absolute atomic E-state index is 0.0715. The van der Waals surface area contributed by atoms with Crippen LogP contribution in [0.3, 0.4) is 0 Å². The number of benzene rings is 1. The average molecular weight is 276 g/mol. The molecule has 0 aliphatic heterocycles. The number of hydrogen-bond donors (Lipinski definition) is 1. The molecule has 0 saturated heterocycles. The molecule has 1 aromatic carbocycles. The van der Waals surface area contributed by atoms with E-state index in [1.54, 1.807) is 19.1 Å². The summed E-state index contributed by atoms with van der Waals surface area (Å²) in [6.45, 7) is 1.73. The van der Waals surface area contributed by atoms with E-state index in [2.05, 4.69) is 0 Å². The number of nitrogen functional groups attached to an aromatic ring is 1. The molecule has 0 unspecified atom stereocenters. The van der Waals surface area contributed by atoms with Crippen LogP contribution < -0.4 is 5.73 Å². The Morgan fingerprint density at radius 2 is 1.84 bits per heavy atom. The molecule has 0 fully saturated rings. The Labute approximate surface area is 111 Å². The number of anilines is 1. The zero-order valence-corrected chi connectivity index (χ0v) is 11.3. The van der Waals surface area contributed by atoms with Crippen molar-refractivity contribution >= 4 is 15.7 Å². The number of nitriles is 1. The lowest BCUT2D eigenvalue weighted by atomic mass is 10.1. The van der Waals surface area contributed by atoms with Crippen molar-refractivity contribution in [1.82, 2.24) is 0 Å². The first-order valence-corrected chi connectivity index (χ1v) is 7.33. The van der Waals surface area contributed by atoms with Gasteiger partial charge >= 0.3 is 0 Å². The van der Waals surface area contributed by atoms with Gasteiger partial charge in [-0.1, -0.05) is 0 Å². The maximum Gasteiger partial charge on any atom is 0.209 e. The molecule has 0 spiro atoms. The van der Waals surface area contributed by atoms with E-state index in [1.165, 1.54) is 12.1 Å². The van der Waals surface area contributed by atoms with Crippen LogP contribution in [-0.2, 0) is 9.84 Å². The number of sulfone groups is 1. The first-order chi connectivity index (χ1) is 8.84. The summed E-state index contributed by atoms with van der Waals surface area (Å²) < 4.78 is 28.1. The molecule has 0 atom stereocenters. The van der Waals surface area contributed by atoms with Crippen molar-refractivity contribution in [2.45, 2.75) is 11.8 Å². The van der Waals surface area contributed by atoms with E-state index in [1.807, 2.05) is 6.07 Å². The predicted molar refractivity (Wildman–Crippen MR) is 71.1 cm³/mol. The van der Waals surface area contributed by atoms with Gasteiger partial charge in [0.05, 0.1) is 4.90 Å². The molecule has 0 radical (unpaired) electrons. The standard InChI is InChI=1S/C13H12N2O3S/c1-8-11(7-14)13(15)18-12(8)9-3-5-10(6-4-9)19(2,16)17/h3-6H,15H2,1-2H3. The van der Waals surface area contributed by atoms with E-state index in [9.17, 15) is 8.42 Å². The van der Waals surface area contributed by atoms with Gasteiger partial charge in [-0.25, -0.2) is 8.42 Å². The normalized spacial score (nSPS) is 11.2. The fourth-order valence-corrected chi connectivity index (χ4v) is 2.43. The highest BCUT2D eigenvalue weighted by molar-refractivity contribution is 7.90. The summed E-state index contributed by atoms with van der Waals surface area (Å²) in [7, 11) is -3.23. The van der Waals surface area contributed by atoms with Gasteiger partial charge in [0.2, 0.25) is 5.88 Å². The minimum Gasteiger partial charge on any atom is -0.439 e. The highest BCUT2D eigenvalue weighted by atomic mass is 32.2. The molecule has 2 N–H and O–H groups in total. The molecule has 1 heterocycles. The zero-order valence-electron chi connectivity index (χ0n) is 10.5. The van der Waals surface area contributed by atoms with Crippen molar-refractivity contribution in [3.63, 3.8) is 0 Å². The second kappa shape index (κ2) is 4.44. The Balaban J connectivity index is 2.53. The number of furan rings is 1. The van der Waals surface area contributed by atoms with Gasteiger partial charge in [-0.3, -0.25) is 0 Å². The van der Waals surface area contributed by atoms with E-state index < -0.39 is 9.84 Å². The molecule has 0 bridgehead atoms. The average Bonchev–Trinajstić information content (AvgIpc) is 2.63. The molecule has 1 aromatic heterocycles. The Hall–Kier alpha value is -2.26. The van der Waals surface area contributed by atoms with Crippen LogP contribution >= 0.6 is 0 Å². The summed E-state index contributed by atoms with van der Waals surface area (Å²) in [6.07, 6.45) is 1.14. The number of nitrogens with zero attached hydrogens (tertiary/aromatic N) is 1. The van der Waals surface area contributed by atoms with Crippen molar-refractivity contribution in [3.8, 4) is 17.4 Å². The van der Waals surface area contributed by atoms with Gasteiger partial charge in [0.15, 0.2) is 9.84 Å². The van der Waals surface area contributed by atoms with Crippen LogP contribution in [0.1, 0.15) is 11.1 Å². The van der Waals surface area contributed by atoms with Gasteiger partial charge < -0.3 is 10.2 Å². The molecule has 2 aromatic rings. The Morgan fingerprint density at radius 1 is 1.26 bits per heavy atom. The molecule has 98 valence electrons. The van der Waals surface area contributed by atoms with Crippen LogP contribution in [0, 0.1) is 18.3 Å². The number of nitrogens with two attached hydrogens (primary N) is 1. The van der Waals surface area contributed by atoms with E-state index in [0.29, 0.717) is 22.5 Å². The van der Waals surface area contributed by atoms with Crippen LogP contribution in [0.5, 0.6) is 0 Å². The minimum atomic E-state index is -3.23. The fourth-order valence-electron chi connectivity index (χ4n) is 1.80. The Morgan fingerprint density at radius 3 is 2.26 bits per heavy atom. The Bertz CT molecular complexity index is 765. The third kappa shape index (κ3) is 2.33. The van der Waals surface area contributed by atoms with Crippen LogP contribution in [0.4, 0.5) is 5.88 Å². The van der Waals surface area contributed by atoms with Crippen molar-refractivity contribution in [2.75, 3.05) is 12.0 Å². The maximum atomic E-state index is 11.4. The van der Waals surface area contributed by atoms with Crippen LogP contribution in [-0.4, -0.2) is 14.7 Å². The van der Waals surface area contributed by atoms with E-state index >= 15 is 0 Å². The van der Waals surface area contributed by atoms with Gasteiger partial charge in [-0.15, -0.1) is 0 Å². The van der Waals surface area contributed by atoms with Crippen molar-refractivity contribution < 1.29 is 12.8 Å². The lowest BCUT2D eigenvalue weighted by Gasteiger charge is -2.01. The molecule has 6 heteroatoms. The summed E-state index contributed by atoms with van der Waals surface area (Å²) in [6, 6.07) is 8.22. The molecule has 2 rings (SSSR count).